The molecular weight excluding hydrogens is 312 g/mol. The molecule has 0 bridgehead atoms. The summed E-state index contributed by atoms with van der Waals surface area (Å²) in [6.07, 6.45) is 9.18. The van der Waals surface area contributed by atoms with E-state index >= 15 is 0 Å². The maximum Gasteiger partial charge on any atom is 0.249 e. The summed E-state index contributed by atoms with van der Waals surface area (Å²) in [6, 6.07) is 0.452. The van der Waals surface area contributed by atoms with Gasteiger partial charge in [0.2, 0.25) is 5.91 Å². The number of rotatable bonds is 6. The molecule has 128 valence electrons. The number of carbonyl (C=O) groups excluding carboxylic acids is 1. The number of hydrogen-bond acceptors (Lipinski definition) is 4. The van der Waals surface area contributed by atoms with Gasteiger partial charge in [-0.1, -0.05) is 25.7 Å². The summed E-state index contributed by atoms with van der Waals surface area (Å²) in [5.41, 5.74) is 0. The molecule has 3 rings (SSSR count). The fourth-order valence-electron chi connectivity index (χ4n) is 3.21. The fourth-order valence-corrected chi connectivity index (χ4v) is 3.51. The highest BCUT2D eigenvalue weighted by atomic mass is 32.1. The van der Waals surface area contributed by atoms with Gasteiger partial charge in [-0.15, -0.1) is 0 Å². The van der Waals surface area contributed by atoms with Gasteiger partial charge in [-0.2, -0.15) is 5.10 Å². The molecule has 2 aliphatic carbocycles. The van der Waals surface area contributed by atoms with Crippen LogP contribution in [0.15, 0.2) is 0 Å². The maximum atomic E-state index is 12.3. The smallest absolute Gasteiger partial charge is 0.249 e. The fraction of sp³-hybridized carbons (Fsp3) is 0.812. The van der Waals surface area contributed by atoms with E-state index in [1.54, 1.807) is 0 Å². The number of nitrogens with zero attached hydrogens (tertiary/aromatic N) is 2. The van der Waals surface area contributed by atoms with E-state index in [9.17, 15) is 4.79 Å². The Morgan fingerprint density at radius 3 is 2.70 bits per heavy atom. The number of H-pyrrole nitrogens is 1. The van der Waals surface area contributed by atoms with E-state index < -0.39 is 6.10 Å². The van der Waals surface area contributed by atoms with Crippen LogP contribution in [0.5, 0.6) is 0 Å². The first kappa shape index (κ1) is 16.6. The molecule has 2 aliphatic rings. The summed E-state index contributed by atoms with van der Waals surface area (Å²) in [7, 11) is 0. The van der Waals surface area contributed by atoms with Crippen molar-refractivity contribution in [3.63, 3.8) is 0 Å². The summed E-state index contributed by atoms with van der Waals surface area (Å²) < 4.78 is 8.61. The summed E-state index contributed by atoms with van der Waals surface area (Å²) in [5, 5.41) is 9.97. The second-order valence-corrected chi connectivity index (χ2v) is 7.04. The van der Waals surface area contributed by atoms with Gasteiger partial charge in [-0.05, 0) is 44.8 Å². The highest BCUT2D eigenvalue weighted by molar-refractivity contribution is 7.71. The lowest BCUT2D eigenvalue weighted by Gasteiger charge is -2.20. The third kappa shape index (κ3) is 4.41. The van der Waals surface area contributed by atoms with Crippen molar-refractivity contribution in [3.05, 3.63) is 10.6 Å². The lowest BCUT2D eigenvalue weighted by molar-refractivity contribution is -0.136. The molecule has 2 N–H and O–H groups in total. The molecule has 0 radical (unpaired) electrons. The van der Waals surface area contributed by atoms with Crippen molar-refractivity contribution < 1.29 is 9.53 Å². The van der Waals surface area contributed by atoms with Gasteiger partial charge in [0.25, 0.3) is 0 Å². The Hall–Kier alpha value is -1.21. The second-order valence-electron chi connectivity index (χ2n) is 6.66. The Bertz CT molecular complexity index is 585. The maximum absolute atomic E-state index is 12.3. The van der Waals surface area contributed by atoms with Crippen LogP contribution >= 0.6 is 12.2 Å². The van der Waals surface area contributed by atoms with Crippen molar-refractivity contribution in [3.8, 4) is 0 Å². The molecule has 6 nitrogen and oxygen atoms in total. The van der Waals surface area contributed by atoms with Gasteiger partial charge in [0.05, 0.1) is 12.6 Å². The van der Waals surface area contributed by atoms with Crippen molar-refractivity contribution in [2.24, 2.45) is 0 Å². The molecule has 2 fully saturated rings. The van der Waals surface area contributed by atoms with E-state index in [-0.39, 0.29) is 12.0 Å². The zero-order chi connectivity index (χ0) is 16.2. The van der Waals surface area contributed by atoms with Crippen LogP contribution in [0.3, 0.4) is 0 Å². The third-order valence-corrected chi connectivity index (χ3v) is 4.97. The van der Waals surface area contributed by atoms with E-state index in [2.05, 4.69) is 15.5 Å². The molecule has 0 spiro atoms. The molecule has 1 amide bonds. The highest BCUT2D eigenvalue weighted by Gasteiger charge is 2.27. The summed E-state index contributed by atoms with van der Waals surface area (Å²) >= 11 is 5.25. The van der Waals surface area contributed by atoms with Crippen LogP contribution in [0.4, 0.5) is 0 Å². The molecule has 0 saturated heterocycles. The highest BCUT2D eigenvalue weighted by Crippen LogP contribution is 2.35. The standard InChI is InChI=1S/C16H26N4O2S/c1-11(22-13-6-4-2-3-5-7-13)15(21)17-10-14-18-19-16(23)20(14)12-8-9-12/h11-13H,2-10H2,1H3,(H,17,21)(H,19,23)/t11-/m0/s1. The largest absolute Gasteiger partial charge is 0.365 e. The first-order valence-electron chi connectivity index (χ1n) is 8.74. The molecule has 23 heavy (non-hydrogen) atoms. The number of carbonyl (C=O) groups is 1. The molecule has 0 aromatic carbocycles. The van der Waals surface area contributed by atoms with E-state index in [0.717, 1.165) is 31.5 Å². The Morgan fingerprint density at radius 2 is 2.04 bits per heavy atom. The van der Waals surface area contributed by atoms with Gasteiger partial charge in [0, 0.05) is 6.04 Å². The Labute approximate surface area is 142 Å². The number of nitrogens with one attached hydrogen (secondary N) is 2. The minimum absolute atomic E-state index is 0.0782. The van der Waals surface area contributed by atoms with Crippen LogP contribution in [0.25, 0.3) is 0 Å². The molecule has 1 aromatic heterocycles. The predicted octanol–water partition coefficient (Wildman–Crippen LogP) is 3.02. The Morgan fingerprint density at radius 1 is 1.35 bits per heavy atom. The monoisotopic (exact) mass is 338 g/mol. The first-order valence-corrected chi connectivity index (χ1v) is 9.15. The first-order chi connectivity index (χ1) is 11.1. The third-order valence-electron chi connectivity index (χ3n) is 4.68. The number of amides is 1. The van der Waals surface area contributed by atoms with Gasteiger partial charge in [-0.3, -0.25) is 14.5 Å². The van der Waals surface area contributed by atoms with Crippen LogP contribution in [0.1, 0.15) is 70.2 Å². The molecule has 1 atom stereocenters. The molecule has 2 saturated carbocycles. The van der Waals surface area contributed by atoms with Crippen molar-refractivity contribution in [2.75, 3.05) is 0 Å². The Balaban J connectivity index is 1.49. The van der Waals surface area contributed by atoms with Crippen LogP contribution in [0.2, 0.25) is 0 Å². The van der Waals surface area contributed by atoms with Crippen molar-refractivity contribution in [1.82, 2.24) is 20.1 Å². The van der Waals surface area contributed by atoms with Crippen LogP contribution in [-0.2, 0) is 16.1 Å². The quantitative estimate of drug-likeness (QED) is 0.618. The van der Waals surface area contributed by atoms with E-state index in [1.165, 1.54) is 25.7 Å². The van der Waals surface area contributed by atoms with Crippen molar-refractivity contribution in [2.45, 2.75) is 83.1 Å². The molecular formula is C16H26N4O2S. The molecule has 0 unspecified atom stereocenters. The average molecular weight is 338 g/mol. The summed E-state index contributed by atoms with van der Waals surface area (Å²) in [6.45, 7) is 2.22. The summed E-state index contributed by atoms with van der Waals surface area (Å²) in [5.74, 6) is 0.720. The van der Waals surface area contributed by atoms with Crippen molar-refractivity contribution >= 4 is 18.1 Å². The topological polar surface area (TPSA) is 71.9 Å². The normalized spacial score (nSPS) is 20.9. The summed E-state index contributed by atoms with van der Waals surface area (Å²) in [4.78, 5) is 12.3. The minimum Gasteiger partial charge on any atom is -0.365 e. The van der Waals surface area contributed by atoms with E-state index in [4.69, 9.17) is 17.0 Å². The average Bonchev–Trinajstić information content (AvgIpc) is 3.33. The number of aromatic nitrogens is 3. The SMILES string of the molecule is C[C@H](OC1CCCCCC1)C(=O)NCc1n[nH]c(=S)n1C1CC1. The van der Waals surface area contributed by atoms with Gasteiger partial charge in [-0.25, -0.2) is 0 Å². The Kier molecular flexibility index (Phi) is 5.48. The lowest BCUT2D eigenvalue weighted by atomic mass is 10.1. The van der Waals surface area contributed by atoms with E-state index in [1.807, 2.05) is 11.5 Å². The molecule has 1 aromatic rings. The van der Waals surface area contributed by atoms with Crippen LogP contribution in [0, 0.1) is 4.77 Å². The predicted molar refractivity (Wildman–Crippen MR) is 89.6 cm³/mol. The van der Waals surface area contributed by atoms with Gasteiger partial charge >= 0.3 is 0 Å². The minimum atomic E-state index is -0.422. The zero-order valence-corrected chi connectivity index (χ0v) is 14.5. The lowest BCUT2D eigenvalue weighted by Crippen LogP contribution is -2.37. The number of hydrogen-bond donors (Lipinski definition) is 2. The number of ether oxygens (including phenoxy) is 1. The van der Waals surface area contributed by atoms with Crippen molar-refractivity contribution in [1.29, 1.82) is 0 Å². The number of aromatic amines is 1. The molecule has 0 aliphatic heterocycles. The second kappa shape index (κ2) is 7.57. The van der Waals surface area contributed by atoms with Gasteiger partial charge in [0.1, 0.15) is 6.10 Å². The molecule has 7 heteroatoms. The van der Waals surface area contributed by atoms with Crippen LogP contribution < -0.4 is 5.32 Å². The van der Waals surface area contributed by atoms with Gasteiger partial charge in [0.15, 0.2) is 10.6 Å². The van der Waals surface area contributed by atoms with Gasteiger partial charge < -0.3 is 10.1 Å². The van der Waals surface area contributed by atoms with E-state index in [0.29, 0.717) is 17.4 Å². The molecule has 1 heterocycles. The zero-order valence-electron chi connectivity index (χ0n) is 13.7. The van der Waals surface area contributed by atoms with Crippen LogP contribution in [-0.4, -0.2) is 32.9 Å².